The van der Waals surface area contributed by atoms with Crippen molar-refractivity contribution in [1.29, 1.82) is 0 Å². The van der Waals surface area contributed by atoms with Gasteiger partial charge in [0.15, 0.2) is 11.6 Å². The molecule has 156 valence electrons. The Hall–Kier alpha value is -3.38. The molecular weight excluding hydrogens is 412 g/mol. The van der Waals surface area contributed by atoms with Crippen molar-refractivity contribution in [3.8, 4) is 11.4 Å². The topological polar surface area (TPSA) is 62.5 Å². The molecule has 1 aliphatic heterocycles. The standard InChI is InChI=1S/C24H21ClN4O2/c1-16-19-15-18(25)7-8-20(19)31-22(16)24(30)29-13-11-28(12-14-29)21-9-10-26-23(27-21)17-5-3-2-4-6-17/h2-10,15H,11-14H2,1H3. The number of furan rings is 1. The van der Waals surface area contributed by atoms with E-state index in [9.17, 15) is 4.79 Å². The highest BCUT2D eigenvalue weighted by Gasteiger charge is 2.27. The maximum atomic E-state index is 13.1. The summed E-state index contributed by atoms with van der Waals surface area (Å²) in [5.74, 6) is 1.87. The van der Waals surface area contributed by atoms with Gasteiger partial charge in [0.2, 0.25) is 0 Å². The number of benzene rings is 2. The van der Waals surface area contributed by atoms with Gasteiger partial charge in [0.25, 0.3) is 5.91 Å². The molecule has 6 nitrogen and oxygen atoms in total. The average Bonchev–Trinajstić information content (AvgIpc) is 3.15. The van der Waals surface area contributed by atoms with Gasteiger partial charge in [-0.1, -0.05) is 41.9 Å². The van der Waals surface area contributed by atoms with E-state index < -0.39 is 0 Å². The zero-order chi connectivity index (χ0) is 21.4. The largest absolute Gasteiger partial charge is 0.451 e. The second kappa shape index (κ2) is 8.04. The molecule has 5 rings (SSSR count). The number of piperazine rings is 1. The van der Waals surface area contributed by atoms with Crippen LogP contribution in [-0.4, -0.2) is 47.0 Å². The first-order valence-corrected chi connectivity index (χ1v) is 10.6. The zero-order valence-corrected chi connectivity index (χ0v) is 17.8. The Labute approximate surface area is 185 Å². The maximum absolute atomic E-state index is 13.1. The zero-order valence-electron chi connectivity index (χ0n) is 17.1. The lowest BCUT2D eigenvalue weighted by molar-refractivity contribution is 0.0716. The minimum Gasteiger partial charge on any atom is -0.451 e. The van der Waals surface area contributed by atoms with E-state index in [-0.39, 0.29) is 5.91 Å². The van der Waals surface area contributed by atoms with E-state index in [1.165, 1.54) is 0 Å². The fourth-order valence-electron chi connectivity index (χ4n) is 3.93. The molecule has 0 atom stereocenters. The summed E-state index contributed by atoms with van der Waals surface area (Å²) in [6.07, 6.45) is 1.78. The number of aryl methyl sites for hydroxylation is 1. The van der Waals surface area contributed by atoms with E-state index in [0.717, 1.165) is 22.3 Å². The van der Waals surface area contributed by atoms with Gasteiger partial charge in [-0.2, -0.15) is 0 Å². The van der Waals surface area contributed by atoms with Crippen molar-refractivity contribution in [3.63, 3.8) is 0 Å². The van der Waals surface area contributed by atoms with Crippen molar-refractivity contribution in [3.05, 3.63) is 77.1 Å². The van der Waals surface area contributed by atoms with E-state index in [1.807, 2.05) is 54.3 Å². The molecule has 2 aromatic heterocycles. The van der Waals surface area contributed by atoms with Crippen LogP contribution in [0.3, 0.4) is 0 Å². The van der Waals surface area contributed by atoms with E-state index in [4.69, 9.17) is 21.0 Å². The van der Waals surface area contributed by atoms with Crippen molar-refractivity contribution in [1.82, 2.24) is 14.9 Å². The second-order valence-electron chi connectivity index (χ2n) is 7.58. The van der Waals surface area contributed by atoms with E-state index in [0.29, 0.717) is 48.4 Å². The highest BCUT2D eigenvalue weighted by atomic mass is 35.5. The summed E-state index contributed by atoms with van der Waals surface area (Å²) in [6.45, 7) is 4.49. The SMILES string of the molecule is Cc1c(C(=O)N2CCN(c3ccnc(-c4ccccc4)n3)CC2)oc2ccc(Cl)cc12. The number of carbonyl (C=O) groups is 1. The number of amides is 1. The number of anilines is 1. The van der Waals surface area contributed by atoms with Crippen LogP contribution in [0.5, 0.6) is 0 Å². The van der Waals surface area contributed by atoms with Gasteiger partial charge in [-0.15, -0.1) is 0 Å². The number of aromatic nitrogens is 2. The summed E-state index contributed by atoms with van der Waals surface area (Å²) in [7, 11) is 0. The van der Waals surface area contributed by atoms with Crippen molar-refractivity contribution < 1.29 is 9.21 Å². The van der Waals surface area contributed by atoms with Crippen molar-refractivity contribution in [2.24, 2.45) is 0 Å². The third kappa shape index (κ3) is 3.75. The number of hydrogen-bond acceptors (Lipinski definition) is 5. The monoisotopic (exact) mass is 432 g/mol. The Morgan fingerprint density at radius 3 is 2.58 bits per heavy atom. The normalized spacial score (nSPS) is 14.3. The Balaban J connectivity index is 1.31. The quantitative estimate of drug-likeness (QED) is 0.464. The third-order valence-electron chi connectivity index (χ3n) is 5.66. The highest BCUT2D eigenvalue weighted by Crippen LogP contribution is 2.29. The highest BCUT2D eigenvalue weighted by molar-refractivity contribution is 6.31. The molecular formula is C24H21ClN4O2. The molecule has 4 aromatic rings. The predicted octanol–water partition coefficient (Wildman–Crippen LogP) is 4.81. The Kier molecular flexibility index (Phi) is 5.08. The molecule has 0 saturated carbocycles. The summed E-state index contributed by atoms with van der Waals surface area (Å²) in [6, 6.07) is 17.2. The molecule has 1 saturated heterocycles. The molecule has 2 aromatic carbocycles. The molecule has 7 heteroatoms. The lowest BCUT2D eigenvalue weighted by Gasteiger charge is -2.35. The van der Waals surface area contributed by atoms with Gasteiger partial charge in [-0.05, 0) is 31.2 Å². The molecule has 31 heavy (non-hydrogen) atoms. The average molecular weight is 433 g/mol. The van der Waals surface area contributed by atoms with Gasteiger partial charge in [-0.3, -0.25) is 4.79 Å². The molecule has 1 aliphatic rings. The molecule has 0 aliphatic carbocycles. The van der Waals surface area contributed by atoms with Gasteiger partial charge in [0, 0.05) is 53.9 Å². The first-order valence-electron chi connectivity index (χ1n) is 10.2. The molecule has 0 unspecified atom stereocenters. The fraction of sp³-hybridized carbons (Fsp3) is 0.208. The van der Waals surface area contributed by atoms with Crippen LogP contribution in [0.4, 0.5) is 5.82 Å². The van der Waals surface area contributed by atoms with Crippen LogP contribution in [0, 0.1) is 6.92 Å². The number of carbonyl (C=O) groups excluding carboxylic acids is 1. The van der Waals surface area contributed by atoms with Crippen molar-refractivity contribution in [2.75, 3.05) is 31.1 Å². The van der Waals surface area contributed by atoms with Gasteiger partial charge in [-0.25, -0.2) is 9.97 Å². The molecule has 0 spiro atoms. The number of nitrogens with zero attached hydrogens (tertiary/aromatic N) is 4. The predicted molar refractivity (Wildman–Crippen MR) is 122 cm³/mol. The number of hydrogen-bond donors (Lipinski definition) is 0. The van der Waals surface area contributed by atoms with Crippen LogP contribution < -0.4 is 4.90 Å². The molecule has 0 radical (unpaired) electrons. The maximum Gasteiger partial charge on any atom is 0.290 e. The summed E-state index contributed by atoms with van der Waals surface area (Å²) < 4.78 is 5.86. The second-order valence-corrected chi connectivity index (χ2v) is 8.02. The summed E-state index contributed by atoms with van der Waals surface area (Å²) >= 11 is 6.10. The lowest BCUT2D eigenvalue weighted by Crippen LogP contribution is -2.49. The molecule has 0 N–H and O–H groups in total. The summed E-state index contributed by atoms with van der Waals surface area (Å²) in [4.78, 5) is 26.3. The fourth-order valence-corrected chi connectivity index (χ4v) is 4.10. The molecule has 1 fully saturated rings. The summed E-state index contributed by atoms with van der Waals surface area (Å²) in [5.41, 5.74) is 2.49. The van der Waals surface area contributed by atoms with E-state index >= 15 is 0 Å². The number of fused-ring (bicyclic) bond motifs is 1. The van der Waals surface area contributed by atoms with Gasteiger partial charge in [0.1, 0.15) is 11.4 Å². The van der Waals surface area contributed by atoms with Crippen LogP contribution >= 0.6 is 11.6 Å². The van der Waals surface area contributed by atoms with E-state index in [2.05, 4.69) is 9.88 Å². The Morgan fingerprint density at radius 1 is 1.03 bits per heavy atom. The molecule has 1 amide bonds. The third-order valence-corrected chi connectivity index (χ3v) is 5.89. The smallest absolute Gasteiger partial charge is 0.290 e. The molecule has 0 bridgehead atoms. The number of rotatable bonds is 3. The minimum absolute atomic E-state index is 0.0860. The first-order chi connectivity index (χ1) is 15.1. The van der Waals surface area contributed by atoms with Crippen LogP contribution in [0.25, 0.3) is 22.4 Å². The van der Waals surface area contributed by atoms with Gasteiger partial charge >= 0.3 is 0 Å². The molecule has 3 heterocycles. The van der Waals surface area contributed by atoms with Crippen LogP contribution in [0.1, 0.15) is 16.1 Å². The van der Waals surface area contributed by atoms with Crippen LogP contribution in [-0.2, 0) is 0 Å². The minimum atomic E-state index is -0.0860. The van der Waals surface area contributed by atoms with Gasteiger partial charge in [0.05, 0.1) is 0 Å². The summed E-state index contributed by atoms with van der Waals surface area (Å²) in [5, 5.41) is 1.51. The van der Waals surface area contributed by atoms with Gasteiger partial charge < -0.3 is 14.2 Å². The van der Waals surface area contributed by atoms with Crippen molar-refractivity contribution >= 4 is 34.3 Å². The van der Waals surface area contributed by atoms with Crippen LogP contribution in [0.2, 0.25) is 5.02 Å². The Morgan fingerprint density at radius 2 is 1.81 bits per heavy atom. The Bertz CT molecular complexity index is 1250. The number of halogens is 1. The van der Waals surface area contributed by atoms with Crippen LogP contribution in [0.15, 0.2) is 65.2 Å². The van der Waals surface area contributed by atoms with Crippen molar-refractivity contribution in [2.45, 2.75) is 6.92 Å². The van der Waals surface area contributed by atoms with E-state index in [1.54, 1.807) is 18.3 Å². The lowest BCUT2D eigenvalue weighted by atomic mass is 10.1. The first kappa shape index (κ1) is 19.6.